The second-order valence-corrected chi connectivity index (χ2v) is 7.09. The van der Waals surface area contributed by atoms with Crippen LogP contribution in [0.15, 0.2) is 0 Å². The zero-order valence-electron chi connectivity index (χ0n) is 13.7. The summed E-state index contributed by atoms with van der Waals surface area (Å²) in [4.78, 5) is 2.70. The van der Waals surface area contributed by atoms with Crippen molar-refractivity contribution in [3.8, 4) is 0 Å². The quantitative estimate of drug-likeness (QED) is 0.786. The molecule has 2 aliphatic rings. The van der Waals surface area contributed by atoms with Crippen LogP contribution in [0.3, 0.4) is 0 Å². The number of nitrogens with one attached hydrogen (secondary N) is 1. The van der Waals surface area contributed by atoms with Crippen LogP contribution < -0.4 is 5.32 Å². The van der Waals surface area contributed by atoms with Crippen LogP contribution in [-0.2, 0) is 0 Å². The normalized spacial score (nSPS) is 39.3. The van der Waals surface area contributed by atoms with Crippen molar-refractivity contribution in [1.29, 1.82) is 0 Å². The molecule has 1 aliphatic carbocycles. The van der Waals surface area contributed by atoms with Gasteiger partial charge in [0.1, 0.15) is 0 Å². The van der Waals surface area contributed by atoms with Crippen LogP contribution in [0.4, 0.5) is 0 Å². The third-order valence-electron chi connectivity index (χ3n) is 5.88. The minimum Gasteiger partial charge on any atom is -0.394 e. The number of hydrogen-bond donors (Lipinski definition) is 2. The fourth-order valence-electron chi connectivity index (χ4n) is 4.63. The van der Waals surface area contributed by atoms with Gasteiger partial charge in [-0.15, -0.1) is 0 Å². The number of likely N-dealkylation sites (N-methyl/N-ethyl adjacent to an activating group) is 1. The molecule has 4 atom stereocenters. The molecule has 118 valence electrons. The first-order valence-electron chi connectivity index (χ1n) is 8.74. The van der Waals surface area contributed by atoms with Crippen molar-refractivity contribution in [3.05, 3.63) is 0 Å². The smallest absolute Gasteiger partial charge is 0.0616 e. The molecule has 1 aliphatic heterocycles. The Labute approximate surface area is 125 Å². The maximum absolute atomic E-state index is 9.88. The highest BCUT2D eigenvalue weighted by Crippen LogP contribution is 2.38. The Kier molecular flexibility index (Phi) is 5.88. The number of piperidine rings is 1. The Morgan fingerprint density at radius 3 is 2.45 bits per heavy atom. The Hall–Kier alpha value is -0.120. The molecule has 2 rings (SSSR count). The molecule has 3 heteroatoms. The van der Waals surface area contributed by atoms with E-state index in [1.165, 1.54) is 45.1 Å². The highest BCUT2D eigenvalue weighted by atomic mass is 16.3. The zero-order chi connectivity index (χ0) is 14.6. The summed E-state index contributed by atoms with van der Waals surface area (Å²) >= 11 is 0. The lowest BCUT2D eigenvalue weighted by Gasteiger charge is -2.41. The molecule has 0 spiro atoms. The van der Waals surface area contributed by atoms with Crippen LogP contribution in [-0.4, -0.2) is 47.3 Å². The lowest BCUT2D eigenvalue weighted by atomic mass is 9.84. The highest BCUT2D eigenvalue weighted by Gasteiger charge is 2.41. The molecule has 20 heavy (non-hydrogen) atoms. The molecule has 0 aromatic heterocycles. The number of aliphatic hydroxyl groups excluding tert-OH is 1. The van der Waals surface area contributed by atoms with Gasteiger partial charge in [-0.1, -0.05) is 19.8 Å². The third-order valence-corrected chi connectivity index (χ3v) is 5.88. The van der Waals surface area contributed by atoms with E-state index in [0.29, 0.717) is 12.5 Å². The van der Waals surface area contributed by atoms with Gasteiger partial charge in [0.25, 0.3) is 0 Å². The predicted molar refractivity (Wildman–Crippen MR) is 84.9 cm³/mol. The number of nitrogens with zero attached hydrogens (tertiary/aromatic N) is 1. The summed E-state index contributed by atoms with van der Waals surface area (Å²) in [5, 5.41) is 13.5. The third kappa shape index (κ3) is 3.37. The van der Waals surface area contributed by atoms with Gasteiger partial charge in [0.2, 0.25) is 0 Å². The van der Waals surface area contributed by atoms with Crippen molar-refractivity contribution in [1.82, 2.24) is 10.2 Å². The molecule has 0 aromatic carbocycles. The summed E-state index contributed by atoms with van der Waals surface area (Å²) in [5.41, 5.74) is 0.0109. The van der Waals surface area contributed by atoms with Crippen molar-refractivity contribution in [2.75, 3.05) is 19.7 Å². The molecular weight excluding hydrogens is 248 g/mol. The minimum absolute atomic E-state index is 0.0109. The highest BCUT2D eigenvalue weighted by molar-refractivity contribution is 4.99. The van der Waals surface area contributed by atoms with Crippen molar-refractivity contribution in [3.63, 3.8) is 0 Å². The average molecular weight is 282 g/mol. The first kappa shape index (κ1) is 16.3. The molecule has 1 saturated heterocycles. The lowest BCUT2D eigenvalue weighted by molar-refractivity contribution is 0.0744. The van der Waals surface area contributed by atoms with E-state index in [2.05, 4.69) is 31.0 Å². The second kappa shape index (κ2) is 7.24. The molecule has 0 amide bonds. The van der Waals surface area contributed by atoms with Gasteiger partial charge in [0.05, 0.1) is 6.61 Å². The van der Waals surface area contributed by atoms with Gasteiger partial charge >= 0.3 is 0 Å². The first-order chi connectivity index (χ1) is 9.63. The van der Waals surface area contributed by atoms with E-state index in [4.69, 9.17) is 0 Å². The first-order valence-corrected chi connectivity index (χ1v) is 8.74. The topological polar surface area (TPSA) is 35.5 Å². The monoisotopic (exact) mass is 282 g/mol. The van der Waals surface area contributed by atoms with Crippen molar-refractivity contribution in [2.24, 2.45) is 5.92 Å². The number of rotatable bonds is 6. The standard InChI is InChI=1S/C17H34N2O/c1-4-18-17(13-20)11-6-9-16(17)10-12-19-14(2)7-5-8-15(19)3/h14-16,18,20H,4-13H2,1-3H3. The van der Waals surface area contributed by atoms with E-state index in [1.807, 2.05) is 0 Å². The van der Waals surface area contributed by atoms with E-state index in [9.17, 15) is 5.11 Å². The SMILES string of the molecule is CCNC1(CO)CCCC1CCN1C(C)CCCC1C. The fraction of sp³-hybridized carbons (Fsp3) is 1.00. The van der Waals surface area contributed by atoms with Gasteiger partial charge in [-0.25, -0.2) is 0 Å². The van der Waals surface area contributed by atoms with E-state index in [1.54, 1.807) is 0 Å². The summed E-state index contributed by atoms with van der Waals surface area (Å²) in [7, 11) is 0. The molecule has 1 saturated carbocycles. The number of hydrogen-bond acceptors (Lipinski definition) is 3. The van der Waals surface area contributed by atoms with Crippen LogP contribution in [0.1, 0.15) is 65.7 Å². The van der Waals surface area contributed by atoms with E-state index in [0.717, 1.165) is 25.0 Å². The molecular formula is C17H34N2O. The van der Waals surface area contributed by atoms with Crippen LogP contribution in [0.25, 0.3) is 0 Å². The van der Waals surface area contributed by atoms with Crippen molar-refractivity contribution in [2.45, 2.75) is 83.3 Å². The summed E-state index contributed by atoms with van der Waals surface area (Å²) in [5.74, 6) is 0.647. The maximum atomic E-state index is 9.88. The zero-order valence-corrected chi connectivity index (χ0v) is 13.7. The van der Waals surface area contributed by atoms with Gasteiger partial charge in [0, 0.05) is 17.6 Å². The summed E-state index contributed by atoms with van der Waals surface area (Å²) in [6.45, 7) is 9.40. The van der Waals surface area contributed by atoms with E-state index in [-0.39, 0.29) is 5.54 Å². The Morgan fingerprint density at radius 2 is 1.85 bits per heavy atom. The van der Waals surface area contributed by atoms with Gasteiger partial charge in [-0.2, -0.15) is 0 Å². The summed E-state index contributed by atoms with van der Waals surface area (Å²) in [6.07, 6.45) is 9.03. The van der Waals surface area contributed by atoms with Gasteiger partial charge < -0.3 is 10.4 Å². The molecule has 0 radical (unpaired) electrons. The van der Waals surface area contributed by atoms with E-state index >= 15 is 0 Å². The minimum atomic E-state index is 0.0109. The molecule has 0 aromatic rings. The van der Waals surface area contributed by atoms with Gasteiger partial charge in [-0.3, -0.25) is 4.90 Å². The Bertz CT molecular complexity index is 287. The summed E-state index contributed by atoms with van der Waals surface area (Å²) in [6, 6.07) is 1.48. The Morgan fingerprint density at radius 1 is 1.15 bits per heavy atom. The number of aliphatic hydroxyl groups is 1. The molecule has 1 heterocycles. The predicted octanol–water partition coefficient (Wildman–Crippen LogP) is 2.78. The summed E-state index contributed by atoms with van der Waals surface area (Å²) < 4.78 is 0. The molecule has 2 fully saturated rings. The van der Waals surface area contributed by atoms with Crippen LogP contribution in [0.5, 0.6) is 0 Å². The maximum Gasteiger partial charge on any atom is 0.0616 e. The van der Waals surface area contributed by atoms with Crippen LogP contribution in [0, 0.1) is 5.92 Å². The Balaban J connectivity index is 1.91. The molecule has 0 bridgehead atoms. The largest absolute Gasteiger partial charge is 0.394 e. The van der Waals surface area contributed by atoms with Gasteiger partial charge in [-0.05, 0) is 65.0 Å². The van der Waals surface area contributed by atoms with Crippen LogP contribution in [0.2, 0.25) is 0 Å². The second-order valence-electron chi connectivity index (χ2n) is 7.09. The average Bonchev–Trinajstić information content (AvgIpc) is 2.82. The molecule has 4 unspecified atom stereocenters. The molecule has 2 N–H and O–H groups in total. The van der Waals surface area contributed by atoms with Crippen molar-refractivity contribution >= 4 is 0 Å². The number of likely N-dealkylation sites (tertiary alicyclic amines) is 1. The molecule has 3 nitrogen and oxygen atoms in total. The fourth-order valence-corrected chi connectivity index (χ4v) is 4.63. The van der Waals surface area contributed by atoms with E-state index < -0.39 is 0 Å². The van der Waals surface area contributed by atoms with Crippen molar-refractivity contribution < 1.29 is 5.11 Å². The lowest BCUT2D eigenvalue weighted by Crippen LogP contribution is -2.52. The van der Waals surface area contributed by atoms with Crippen LogP contribution >= 0.6 is 0 Å². The van der Waals surface area contributed by atoms with Gasteiger partial charge in [0.15, 0.2) is 0 Å².